The summed E-state index contributed by atoms with van der Waals surface area (Å²) in [5, 5.41) is 17.2. The van der Waals surface area contributed by atoms with E-state index in [1.165, 1.54) is 12.8 Å². The highest BCUT2D eigenvalue weighted by Crippen LogP contribution is 2.20. The first kappa shape index (κ1) is 14.5. The number of aromatic nitrogens is 2. The van der Waals surface area contributed by atoms with Gasteiger partial charge in [-0.25, -0.2) is 0 Å². The average molecular weight is 267 g/mol. The summed E-state index contributed by atoms with van der Waals surface area (Å²) in [6.45, 7) is 2.86. The molecule has 1 aliphatic carbocycles. The van der Waals surface area contributed by atoms with Crippen LogP contribution in [0, 0.1) is 0 Å². The van der Waals surface area contributed by atoms with Crippen molar-refractivity contribution in [3.8, 4) is 0 Å². The molecule has 2 N–H and O–H groups in total. The first-order chi connectivity index (χ1) is 9.34. The van der Waals surface area contributed by atoms with Crippen molar-refractivity contribution < 1.29 is 9.84 Å². The highest BCUT2D eigenvalue weighted by molar-refractivity contribution is 4.77. The lowest BCUT2D eigenvalue weighted by atomic mass is 10.3. The maximum atomic E-state index is 9.79. The standard InChI is InChI=1S/C14H25N3O2/c18-13(12-19-14-5-1-2-6-14)11-15-7-3-9-17-10-4-8-16-17/h4,8,10,13-15,18H,1-3,5-7,9,11-12H2. The fraction of sp³-hybridized carbons (Fsp3) is 0.786. The van der Waals surface area contributed by atoms with Gasteiger partial charge >= 0.3 is 0 Å². The number of nitrogens with zero attached hydrogens (tertiary/aromatic N) is 2. The summed E-state index contributed by atoms with van der Waals surface area (Å²) >= 11 is 0. The summed E-state index contributed by atoms with van der Waals surface area (Å²) in [6.07, 6.45) is 9.60. The van der Waals surface area contributed by atoms with Crippen LogP contribution in [0.25, 0.3) is 0 Å². The van der Waals surface area contributed by atoms with Crippen molar-refractivity contribution >= 4 is 0 Å². The number of ether oxygens (including phenoxy) is 1. The second kappa shape index (κ2) is 8.30. The molecular weight excluding hydrogens is 242 g/mol. The maximum Gasteiger partial charge on any atom is 0.0897 e. The van der Waals surface area contributed by atoms with E-state index in [1.807, 2.05) is 16.9 Å². The molecule has 1 aliphatic rings. The molecule has 1 aromatic heterocycles. The van der Waals surface area contributed by atoms with Crippen LogP contribution in [0.15, 0.2) is 18.5 Å². The van der Waals surface area contributed by atoms with Crippen molar-refractivity contribution in [2.24, 2.45) is 0 Å². The maximum absolute atomic E-state index is 9.79. The quantitative estimate of drug-likeness (QED) is 0.660. The van der Waals surface area contributed by atoms with E-state index in [-0.39, 0.29) is 0 Å². The molecule has 1 atom stereocenters. The third-order valence-corrected chi connectivity index (χ3v) is 3.51. The summed E-state index contributed by atoms with van der Waals surface area (Å²) in [4.78, 5) is 0. The minimum absolute atomic E-state index is 0.384. The van der Waals surface area contributed by atoms with Crippen molar-refractivity contribution in [2.75, 3.05) is 19.7 Å². The second-order valence-corrected chi connectivity index (χ2v) is 5.22. The molecule has 0 aliphatic heterocycles. The molecule has 0 amide bonds. The lowest BCUT2D eigenvalue weighted by molar-refractivity contribution is -0.00536. The Kier molecular flexibility index (Phi) is 6.33. The predicted molar refractivity (Wildman–Crippen MR) is 73.9 cm³/mol. The van der Waals surface area contributed by atoms with Gasteiger partial charge in [-0.2, -0.15) is 5.10 Å². The Hall–Kier alpha value is -0.910. The van der Waals surface area contributed by atoms with Gasteiger partial charge in [0.15, 0.2) is 0 Å². The zero-order valence-corrected chi connectivity index (χ0v) is 11.5. The zero-order valence-electron chi connectivity index (χ0n) is 11.5. The molecular formula is C14H25N3O2. The molecule has 1 heterocycles. The zero-order chi connectivity index (χ0) is 13.3. The Morgan fingerprint density at radius 3 is 3.00 bits per heavy atom. The van der Waals surface area contributed by atoms with Gasteiger partial charge in [-0.05, 0) is 31.9 Å². The first-order valence-electron chi connectivity index (χ1n) is 7.32. The summed E-state index contributed by atoms with van der Waals surface area (Å²) in [7, 11) is 0. The smallest absolute Gasteiger partial charge is 0.0897 e. The minimum atomic E-state index is -0.398. The van der Waals surface area contributed by atoms with E-state index < -0.39 is 6.10 Å². The van der Waals surface area contributed by atoms with Crippen LogP contribution in [0.3, 0.4) is 0 Å². The molecule has 1 saturated carbocycles. The number of hydrogen-bond donors (Lipinski definition) is 2. The molecule has 0 spiro atoms. The minimum Gasteiger partial charge on any atom is -0.389 e. The molecule has 0 bridgehead atoms. The van der Waals surface area contributed by atoms with Crippen molar-refractivity contribution in [2.45, 2.75) is 50.9 Å². The Balaban J connectivity index is 1.43. The number of hydrogen-bond acceptors (Lipinski definition) is 4. The van der Waals surface area contributed by atoms with Crippen molar-refractivity contribution in [3.63, 3.8) is 0 Å². The van der Waals surface area contributed by atoms with E-state index in [2.05, 4.69) is 10.4 Å². The number of aliphatic hydroxyl groups is 1. The van der Waals surface area contributed by atoms with Crippen LogP contribution in [0.5, 0.6) is 0 Å². The van der Waals surface area contributed by atoms with Crippen LogP contribution in [-0.2, 0) is 11.3 Å². The molecule has 5 nitrogen and oxygen atoms in total. The van der Waals surface area contributed by atoms with Crippen molar-refractivity contribution in [3.05, 3.63) is 18.5 Å². The van der Waals surface area contributed by atoms with Crippen molar-refractivity contribution in [1.82, 2.24) is 15.1 Å². The molecule has 5 heteroatoms. The lowest BCUT2D eigenvalue weighted by Crippen LogP contribution is -2.32. The molecule has 1 unspecified atom stereocenters. The summed E-state index contributed by atoms with van der Waals surface area (Å²) < 4.78 is 7.59. The van der Waals surface area contributed by atoms with Crippen LogP contribution in [0.4, 0.5) is 0 Å². The second-order valence-electron chi connectivity index (χ2n) is 5.22. The Labute approximate surface area is 115 Å². The Morgan fingerprint density at radius 1 is 1.42 bits per heavy atom. The highest BCUT2D eigenvalue weighted by atomic mass is 16.5. The van der Waals surface area contributed by atoms with Gasteiger partial charge in [0.2, 0.25) is 0 Å². The number of nitrogens with one attached hydrogen (secondary N) is 1. The number of rotatable bonds is 9. The fourth-order valence-electron chi connectivity index (χ4n) is 2.43. The largest absolute Gasteiger partial charge is 0.389 e. The summed E-state index contributed by atoms with van der Waals surface area (Å²) in [5.41, 5.74) is 0. The predicted octanol–water partition coefficient (Wildman–Crippen LogP) is 1.18. The van der Waals surface area contributed by atoms with E-state index in [0.29, 0.717) is 19.3 Å². The van der Waals surface area contributed by atoms with Gasteiger partial charge in [-0.3, -0.25) is 4.68 Å². The van der Waals surface area contributed by atoms with E-state index in [9.17, 15) is 5.11 Å². The van der Waals surface area contributed by atoms with Gasteiger partial charge in [0.05, 0.1) is 18.8 Å². The average Bonchev–Trinajstić information content (AvgIpc) is 3.09. The highest BCUT2D eigenvalue weighted by Gasteiger charge is 2.16. The summed E-state index contributed by atoms with van der Waals surface area (Å²) in [5.74, 6) is 0. The van der Waals surface area contributed by atoms with Gasteiger partial charge < -0.3 is 15.2 Å². The Bertz CT molecular complexity index is 323. The SMILES string of the molecule is OC(CNCCCn1cccn1)COC1CCCC1. The molecule has 0 aromatic carbocycles. The third-order valence-electron chi connectivity index (χ3n) is 3.51. The molecule has 0 radical (unpaired) electrons. The molecule has 1 aromatic rings. The Morgan fingerprint density at radius 2 is 2.26 bits per heavy atom. The molecule has 108 valence electrons. The normalized spacial score (nSPS) is 17.9. The van der Waals surface area contributed by atoms with Gasteiger partial charge in [-0.15, -0.1) is 0 Å². The van der Waals surface area contributed by atoms with Gasteiger partial charge in [0.25, 0.3) is 0 Å². The number of aliphatic hydroxyl groups excluding tert-OH is 1. The van der Waals surface area contributed by atoms with E-state index >= 15 is 0 Å². The lowest BCUT2D eigenvalue weighted by Gasteiger charge is -2.16. The van der Waals surface area contributed by atoms with E-state index in [4.69, 9.17) is 4.74 Å². The molecule has 0 saturated heterocycles. The topological polar surface area (TPSA) is 59.3 Å². The third kappa shape index (κ3) is 5.72. The van der Waals surface area contributed by atoms with Crippen LogP contribution >= 0.6 is 0 Å². The van der Waals surface area contributed by atoms with Crippen LogP contribution in [0.1, 0.15) is 32.1 Å². The molecule has 1 fully saturated rings. The number of aryl methyl sites for hydroxylation is 1. The monoisotopic (exact) mass is 267 g/mol. The molecule has 19 heavy (non-hydrogen) atoms. The summed E-state index contributed by atoms with van der Waals surface area (Å²) in [6, 6.07) is 1.93. The fourth-order valence-corrected chi connectivity index (χ4v) is 2.43. The molecule has 2 rings (SSSR count). The van der Waals surface area contributed by atoms with Gasteiger partial charge in [-0.1, -0.05) is 12.8 Å². The van der Waals surface area contributed by atoms with Gasteiger partial charge in [0, 0.05) is 25.5 Å². The van der Waals surface area contributed by atoms with Crippen LogP contribution in [-0.4, -0.2) is 46.8 Å². The van der Waals surface area contributed by atoms with Crippen molar-refractivity contribution in [1.29, 1.82) is 0 Å². The van der Waals surface area contributed by atoms with Crippen LogP contribution < -0.4 is 5.32 Å². The van der Waals surface area contributed by atoms with Crippen LogP contribution in [0.2, 0.25) is 0 Å². The van der Waals surface area contributed by atoms with Gasteiger partial charge in [0.1, 0.15) is 0 Å². The van der Waals surface area contributed by atoms with E-state index in [1.54, 1.807) is 6.20 Å². The first-order valence-corrected chi connectivity index (χ1v) is 7.32. The van der Waals surface area contributed by atoms with E-state index in [0.717, 1.165) is 32.4 Å².